The Bertz CT molecular complexity index is 1000. The third-order valence-corrected chi connectivity index (χ3v) is 3.95. The summed E-state index contributed by atoms with van der Waals surface area (Å²) >= 11 is 0. The standard InChI is InChI=1S/C19H16F3N5O2/c20-19(21,22)13-5-3-4-12(8-13)9-24-17(28)15-16(27-11-26-15)18(29)25-10-14-6-1-2-7-23-14/h1-8,11H,9-10H2,(H,24,28)(H,25,29)(H,26,27). The normalized spacial score (nSPS) is 11.1. The van der Waals surface area contributed by atoms with Crippen LogP contribution < -0.4 is 10.6 Å². The lowest BCUT2D eigenvalue weighted by atomic mass is 10.1. The molecule has 2 heterocycles. The Morgan fingerprint density at radius 1 is 0.966 bits per heavy atom. The molecule has 2 amide bonds. The van der Waals surface area contributed by atoms with E-state index < -0.39 is 23.6 Å². The number of imidazole rings is 1. The molecule has 0 aliphatic rings. The summed E-state index contributed by atoms with van der Waals surface area (Å²) in [6, 6.07) is 9.87. The second-order valence-corrected chi connectivity index (χ2v) is 6.01. The van der Waals surface area contributed by atoms with Gasteiger partial charge in [-0.05, 0) is 29.8 Å². The van der Waals surface area contributed by atoms with E-state index in [1.807, 2.05) is 0 Å². The maximum atomic E-state index is 12.8. The predicted octanol–water partition coefficient (Wildman–Crippen LogP) is 2.68. The molecule has 0 fully saturated rings. The molecule has 29 heavy (non-hydrogen) atoms. The van der Waals surface area contributed by atoms with Gasteiger partial charge >= 0.3 is 6.18 Å². The smallest absolute Gasteiger partial charge is 0.347 e. The van der Waals surface area contributed by atoms with Gasteiger partial charge in [0.1, 0.15) is 5.69 Å². The third kappa shape index (κ3) is 5.18. The maximum Gasteiger partial charge on any atom is 0.416 e. The third-order valence-electron chi connectivity index (χ3n) is 3.95. The summed E-state index contributed by atoms with van der Waals surface area (Å²) in [5.74, 6) is -1.25. The summed E-state index contributed by atoms with van der Waals surface area (Å²) in [6.45, 7) is 0.00853. The molecule has 3 N–H and O–H groups in total. The van der Waals surface area contributed by atoms with E-state index >= 15 is 0 Å². The number of aromatic amines is 1. The summed E-state index contributed by atoms with van der Waals surface area (Å²) in [5, 5.41) is 5.08. The van der Waals surface area contributed by atoms with Gasteiger partial charge in [-0.3, -0.25) is 14.6 Å². The Morgan fingerprint density at radius 2 is 1.76 bits per heavy atom. The first kappa shape index (κ1) is 20.1. The first-order valence-electron chi connectivity index (χ1n) is 8.50. The van der Waals surface area contributed by atoms with Crippen molar-refractivity contribution in [2.24, 2.45) is 0 Å². The molecule has 0 spiro atoms. The maximum absolute atomic E-state index is 12.8. The molecule has 0 bridgehead atoms. The zero-order valence-corrected chi connectivity index (χ0v) is 15.0. The highest BCUT2D eigenvalue weighted by atomic mass is 19.4. The average molecular weight is 403 g/mol. The summed E-state index contributed by atoms with van der Waals surface area (Å²) < 4.78 is 38.3. The van der Waals surface area contributed by atoms with Crippen molar-refractivity contribution in [1.82, 2.24) is 25.6 Å². The van der Waals surface area contributed by atoms with Gasteiger partial charge in [0.15, 0.2) is 5.69 Å². The number of hydrogen-bond donors (Lipinski definition) is 3. The Kier molecular flexibility index (Phi) is 5.91. The van der Waals surface area contributed by atoms with Crippen LogP contribution in [0.4, 0.5) is 13.2 Å². The van der Waals surface area contributed by atoms with Crippen molar-refractivity contribution in [3.8, 4) is 0 Å². The molecular weight excluding hydrogens is 387 g/mol. The van der Waals surface area contributed by atoms with Crippen LogP contribution in [-0.2, 0) is 19.3 Å². The number of benzene rings is 1. The van der Waals surface area contributed by atoms with E-state index in [1.165, 1.54) is 18.5 Å². The fourth-order valence-corrected chi connectivity index (χ4v) is 2.53. The topological polar surface area (TPSA) is 99.8 Å². The number of nitrogens with zero attached hydrogens (tertiary/aromatic N) is 2. The van der Waals surface area contributed by atoms with E-state index in [0.29, 0.717) is 5.69 Å². The Hall–Kier alpha value is -3.69. The minimum atomic E-state index is -4.47. The van der Waals surface area contributed by atoms with Gasteiger partial charge in [-0.2, -0.15) is 13.2 Å². The van der Waals surface area contributed by atoms with Crippen molar-refractivity contribution in [2.75, 3.05) is 0 Å². The van der Waals surface area contributed by atoms with Crippen molar-refractivity contribution in [3.63, 3.8) is 0 Å². The lowest BCUT2D eigenvalue weighted by molar-refractivity contribution is -0.137. The van der Waals surface area contributed by atoms with Crippen LogP contribution in [0, 0.1) is 0 Å². The molecule has 0 atom stereocenters. The number of pyridine rings is 1. The van der Waals surface area contributed by atoms with Crippen LogP contribution in [0.5, 0.6) is 0 Å². The number of halogens is 3. The van der Waals surface area contributed by atoms with Crippen LogP contribution in [0.2, 0.25) is 0 Å². The molecule has 10 heteroatoms. The van der Waals surface area contributed by atoms with Gasteiger partial charge in [0.25, 0.3) is 11.8 Å². The molecule has 3 rings (SSSR count). The van der Waals surface area contributed by atoms with Crippen LogP contribution >= 0.6 is 0 Å². The van der Waals surface area contributed by atoms with Crippen LogP contribution in [-0.4, -0.2) is 26.8 Å². The largest absolute Gasteiger partial charge is 0.416 e. The fraction of sp³-hybridized carbons (Fsp3) is 0.158. The van der Waals surface area contributed by atoms with Gasteiger partial charge < -0.3 is 15.6 Å². The van der Waals surface area contributed by atoms with Gasteiger partial charge in [-0.25, -0.2) is 4.98 Å². The molecule has 150 valence electrons. The zero-order valence-electron chi connectivity index (χ0n) is 15.0. The quantitative estimate of drug-likeness (QED) is 0.589. The van der Waals surface area contributed by atoms with Gasteiger partial charge in [-0.1, -0.05) is 18.2 Å². The Balaban J connectivity index is 1.62. The highest BCUT2D eigenvalue weighted by Crippen LogP contribution is 2.29. The number of aromatic nitrogens is 3. The number of rotatable bonds is 6. The average Bonchev–Trinajstić information content (AvgIpc) is 3.21. The molecule has 0 radical (unpaired) electrons. The van der Waals surface area contributed by atoms with Crippen molar-refractivity contribution in [2.45, 2.75) is 19.3 Å². The van der Waals surface area contributed by atoms with E-state index in [9.17, 15) is 22.8 Å². The molecule has 2 aromatic heterocycles. The summed E-state index contributed by atoms with van der Waals surface area (Å²) in [4.78, 5) is 35.2. The predicted molar refractivity (Wildman–Crippen MR) is 96.6 cm³/mol. The van der Waals surface area contributed by atoms with E-state index in [1.54, 1.807) is 24.4 Å². The van der Waals surface area contributed by atoms with E-state index in [2.05, 4.69) is 25.6 Å². The van der Waals surface area contributed by atoms with Gasteiger partial charge in [0.05, 0.1) is 24.1 Å². The number of carbonyl (C=O) groups excluding carboxylic acids is 2. The number of nitrogens with one attached hydrogen (secondary N) is 3. The van der Waals surface area contributed by atoms with Crippen LogP contribution in [0.3, 0.4) is 0 Å². The molecule has 7 nitrogen and oxygen atoms in total. The highest BCUT2D eigenvalue weighted by molar-refractivity contribution is 6.04. The number of H-pyrrole nitrogens is 1. The summed E-state index contributed by atoms with van der Waals surface area (Å²) in [5.41, 5.74) is -0.112. The van der Waals surface area contributed by atoms with Gasteiger partial charge in [0, 0.05) is 12.7 Å². The summed E-state index contributed by atoms with van der Waals surface area (Å²) in [7, 11) is 0. The van der Waals surface area contributed by atoms with Crippen LogP contribution in [0.1, 0.15) is 37.8 Å². The van der Waals surface area contributed by atoms with E-state index in [4.69, 9.17) is 0 Å². The van der Waals surface area contributed by atoms with Gasteiger partial charge in [-0.15, -0.1) is 0 Å². The monoisotopic (exact) mass is 403 g/mol. The molecule has 1 aromatic carbocycles. The van der Waals surface area contributed by atoms with Crippen molar-refractivity contribution in [1.29, 1.82) is 0 Å². The number of carbonyl (C=O) groups is 2. The lowest BCUT2D eigenvalue weighted by Crippen LogP contribution is -2.29. The van der Waals surface area contributed by atoms with E-state index in [0.717, 1.165) is 12.1 Å². The second-order valence-electron chi connectivity index (χ2n) is 6.01. The molecule has 0 unspecified atom stereocenters. The first-order chi connectivity index (χ1) is 13.8. The minimum absolute atomic E-state index is 0.0875. The van der Waals surface area contributed by atoms with Gasteiger partial charge in [0.2, 0.25) is 0 Å². The Morgan fingerprint density at radius 3 is 2.48 bits per heavy atom. The molecule has 3 aromatic rings. The van der Waals surface area contributed by atoms with Crippen molar-refractivity contribution in [3.05, 3.63) is 83.2 Å². The van der Waals surface area contributed by atoms with Crippen LogP contribution in [0.15, 0.2) is 55.0 Å². The van der Waals surface area contributed by atoms with Crippen LogP contribution in [0.25, 0.3) is 0 Å². The number of hydrogen-bond acceptors (Lipinski definition) is 4. The lowest BCUT2D eigenvalue weighted by Gasteiger charge is -2.10. The fourth-order valence-electron chi connectivity index (χ4n) is 2.53. The molecule has 0 saturated carbocycles. The first-order valence-corrected chi connectivity index (χ1v) is 8.50. The van der Waals surface area contributed by atoms with E-state index in [-0.39, 0.29) is 30.0 Å². The summed E-state index contributed by atoms with van der Waals surface area (Å²) in [6.07, 6.45) is -1.69. The molecule has 0 saturated heterocycles. The molecule has 0 aliphatic heterocycles. The second kappa shape index (κ2) is 8.55. The number of amides is 2. The Labute approximate surface area is 163 Å². The molecular formula is C19H16F3N5O2. The SMILES string of the molecule is O=C(NCc1ccccn1)c1nc[nH]c1C(=O)NCc1cccc(C(F)(F)F)c1. The number of alkyl halides is 3. The highest BCUT2D eigenvalue weighted by Gasteiger charge is 2.30. The van der Waals surface area contributed by atoms with Crippen molar-refractivity contribution < 1.29 is 22.8 Å². The van der Waals surface area contributed by atoms with Crippen molar-refractivity contribution >= 4 is 11.8 Å². The minimum Gasteiger partial charge on any atom is -0.347 e. The molecule has 0 aliphatic carbocycles. The zero-order chi connectivity index (χ0) is 20.9.